The molecule has 0 N–H and O–H groups in total. The molecule has 0 heterocycles. The number of rotatable bonds is 3. The minimum Gasteiger partial charge on any atom is -0.0870 e. The second kappa shape index (κ2) is 9.43. The largest absolute Gasteiger partial charge is 0.0870 e. The van der Waals surface area contributed by atoms with E-state index in [1.54, 1.807) is 0 Å². The Morgan fingerprint density at radius 3 is 1.69 bits per heavy atom. The molecule has 8 rings (SSSR count). The van der Waals surface area contributed by atoms with Gasteiger partial charge in [0, 0.05) is 0 Å². The lowest BCUT2D eigenvalue weighted by atomic mass is 9.70. The van der Waals surface area contributed by atoms with Crippen molar-refractivity contribution in [3.05, 3.63) is 166 Å². The van der Waals surface area contributed by atoms with E-state index < -0.39 is 0 Å². The van der Waals surface area contributed by atoms with Crippen LogP contribution in [0.15, 0.2) is 133 Å². The van der Waals surface area contributed by atoms with Gasteiger partial charge >= 0.3 is 0 Å². The van der Waals surface area contributed by atoms with Crippen LogP contribution in [0, 0.1) is 0 Å². The summed E-state index contributed by atoms with van der Waals surface area (Å²) in [6.45, 7) is 6.64. The quantitative estimate of drug-likeness (QED) is 0.210. The van der Waals surface area contributed by atoms with E-state index in [1.165, 1.54) is 83.5 Å². The van der Waals surface area contributed by atoms with Crippen LogP contribution < -0.4 is 0 Å². The lowest BCUT2D eigenvalue weighted by molar-refractivity contribution is 0.794. The molecule has 0 atom stereocenters. The summed E-state index contributed by atoms with van der Waals surface area (Å²) in [5.41, 5.74) is 20.2. The first kappa shape index (κ1) is 25.1. The number of hydrogen-bond donors (Lipinski definition) is 0. The Labute approximate surface area is 249 Å². The molecular weight excluding hydrogens is 504 g/mol. The van der Waals surface area contributed by atoms with E-state index in [-0.39, 0.29) is 5.41 Å². The second-order valence-corrected chi connectivity index (χ2v) is 11.9. The van der Waals surface area contributed by atoms with Crippen LogP contribution in [0.5, 0.6) is 0 Å². The third kappa shape index (κ3) is 3.30. The number of hydrogen-bond acceptors (Lipinski definition) is 0. The number of benzene rings is 5. The standard InChI is InChI=1S/C42H34/c1-4-12-30-24-27(3)31(13-5-2)32-22-20-28(25-37(30)32)29-21-23-36-35-16-8-11-19-40(35)42(41(36)26-29)38-17-9-6-14-33(38)34-15-7-10-18-39(34)42/h5-23,25-26H,4,24H2,1-3H3/b13-5-,30-12+. The van der Waals surface area contributed by atoms with Crippen LogP contribution in [0.2, 0.25) is 0 Å². The van der Waals surface area contributed by atoms with E-state index in [1.807, 2.05) is 0 Å². The summed E-state index contributed by atoms with van der Waals surface area (Å²) < 4.78 is 0. The summed E-state index contributed by atoms with van der Waals surface area (Å²) in [7, 11) is 0. The Balaban J connectivity index is 1.38. The third-order valence-corrected chi connectivity index (χ3v) is 9.69. The van der Waals surface area contributed by atoms with E-state index in [0.29, 0.717) is 0 Å². The van der Waals surface area contributed by atoms with Gasteiger partial charge in [-0.1, -0.05) is 128 Å². The zero-order valence-corrected chi connectivity index (χ0v) is 24.5. The van der Waals surface area contributed by atoms with Crippen LogP contribution in [0.25, 0.3) is 44.5 Å². The summed E-state index contributed by atoms with van der Waals surface area (Å²) in [4.78, 5) is 0. The Bertz CT molecular complexity index is 1940. The average Bonchev–Trinajstić information content (AvgIpc) is 3.50. The van der Waals surface area contributed by atoms with Gasteiger partial charge in [0.25, 0.3) is 0 Å². The topological polar surface area (TPSA) is 0 Å². The molecule has 0 saturated carbocycles. The molecule has 3 aliphatic carbocycles. The number of fused-ring (bicyclic) bond motifs is 11. The summed E-state index contributed by atoms with van der Waals surface area (Å²) in [6, 6.07) is 41.5. The molecule has 0 fully saturated rings. The molecule has 0 nitrogen and oxygen atoms in total. The molecule has 0 unspecified atom stereocenters. The molecule has 5 aromatic carbocycles. The van der Waals surface area contributed by atoms with Gasteiger partial charge in [-0.25, -0.2) is 0 Å². The molecule has 0 aromatic heterocycles. The van der Waals surface area contributed by atoms with Crippen molar-refractivity contribution in [2.24, 2.45) is 0 Å². The molecule has 202 valence electrons. The first-order chi connectivity index (χ1) is 20.7. The van der Waals surface area contributed by atoms with Crippen molar-refractivity contribution in [1.82, 2.24) is 0 Å². The minimum atomic E-state index is -0.310. The molecule has 5 aromatic rings. The predicted molar refractivity (Wildman–Crippen MR) is 178 cm³/mol. The Hall–Kier alpha value is -4.68. The average molecular weight is 539 g/mol. The molecule has 0 heteroatoms. The Kier molecular flexibility index (Phi) is 5.63. The first-order valence-corrected chi connectivity index (χ1v) is 15.3. The third-order valence-electron chi connectivity index (χ3n) is 9.69. The molecule has 1 spiro atoms. The van der Waals surface area contributed by atoms with Gasteiger partial charge in [-0.3, -0.25) is 0 Å². The van der Waals surface area contributed by atoms with Gasteiger partial charge < -0.3 is 0 Å². The molecule has 42 heavy (non-hydrogen) atoms. The molecule has 0 radical (unpaired) electrons. The van der Waals surface area contributed by atoms with Gasteiger partial charge in [-0.2, -0.15) is 0 Å². The van der Waals surface area contributed by atoms with Crippen LogP contribution in [-0.4, -0.2) is 0 Å². The summed E-state index contributed by atoms with van der Waals surface area (Å²) in [6.07, 6.45) is 8.92. The molecule has 0 aliphatic heterocycles. The van der Waals surface area contributed by atoms with Crippen LogP contribution in [0.1, 0.15) is 67.0 Å². The van der Waals surface area contributed by atoms with Gasteiger partial charge in [0.15, 0.2) is 0 Å². The smallest absolute Gasteiger partial charge is 0.0725 e. The summed E-state index contributed by atoms with van der Waals surface area (Å²) >= 11 is 0. The molecule has 0 amide bonds. The highest BCUT2D eigenvalue weighted by Crippen LogP contribution is 2.63. The van der Waals surface area contributed by atoms with Crippen LogP contribution in [-0.2, 0) is 5.41 Å². The van der Waals surface area contributed by atoms with Gasteiger partial charge in [-0.05, 0) is 117 Å². The maximum absolute atomic E-state index is 2.50. The van der Waals surface area contributed by atoms with Crippen molar-refractivity contribution in [2.45, 2.75) is 39.0 Å². The highest BCUT2D eigenvalue weighted by atomic mass is 14.5. The van der Waals surface area contributed by atoms with Crippen molar-refractivity contribution in [3.8, 4) is 33.4 Å². The predicted octanol–water partition coefficient (Wildman–Crippen LogP) is 11.2. The van der Waals surface area contributed by atoms with Crippen LogP contribution in [0.4, 0.5) is 0 Å². The van der Waals surface area contributed by atoms with E-state index >= 15 is 0 Å². The fourth-order valence-corrected chi connectivity index (χ4v) is 8.03. The Morgan fingerprint density at radius 2 is 1.12 bits per heavy atom. The zero-order chi connectivity index (χ0) is 28.4. The lowest BCUT2D eigenvalue weighted by Crippen LogP contribution is -2.25. The SMILES string of the molecule is C/C=C\C1=C(C)C/C(=C\CC)c2cc(-c3ccc4c(c3)C3(c5ccccc5-c5ccccc53)c3ccccc3-4)ccc21. The van der Waals surface area contributed by atoms with Crippen molar-refractivity contribution < 1.29 is 0 Å². The Morgan fingerprint density at radius 1 is 0.595 bits per heavy atom. The van der Waals surface area contributed by atoms with E-state index in [4.69, 9.17) is 0 Å². The monoisotopic (exact) mass is 538 g/mol. The first-order valence-electron chi connectivity index (χ1n) is 15.3. The summed E-state index contributed by atoms with van der Waals surface area (Å²) in [5, 5.41) is 0. The molecule has 0 bridgehead atoms. The fraction of sp³-hybridized carbons (Fsp3) is 0.143. The van der Waals surface area contributed by atoms with Gasteiger partial charge in [-0.15, -0.1) is 0 Å². The van der Waals surface area contributed by atoms with Gasteiger partial charge in [0.1, 0.15) is 0 Å². The minimum absolute atomic E-state index is 0.310. The van der Waals surface area contributed by atoms with E-state index in [2.05, 4.69) is 148 Å². The fourth-order valence-electron chi connectivity index (χ4n) is 8.03. The normalized spacial score (nSPS) is 16.5. The molecule has 3 aliphatic rings. The van der Waals surface area contributed by atoms with Gasteiger partial charge in [0.2, 0.25) is 0 Å². The van der Waals surface area contributed by atoms with Crippen LogP contribution in [0.3, 0.4) is 0 Å². The molecule has 0 saturated heterocycles. The van der Waals surface area contributed by atoms with Crippen molar-refractivity contribution in [3.63, 3.8) is 0 Å². The lowest BCUT2D eigenvalue weighted by Gasteiger charge is -2.30. The zero-order valence-electron chi connectivity index (χ0n) is 24.5. The maximum atomic E-state index is 2.50. The summed E-state index contributed by atoms with van der Waals surface area (Å²) in [5.74, 6) is 0. The highest BCUT2D eigenvalue weighted by Gasteiger charge is 2.51. The van der Waals surface area contributed by atoms with Crippen molar-refractivity contribution in [1.29, 1.82) is 0 Å². The van der Waals surface area contributed by atoms with Crippen molar-refractivity contribution >= 4 is 11.1 Å². The second-order valence-electron chi connectivity index (χ2n) is 11.9. The maximum Gasteiger partial charge on any atom is 0.0725 e. The van der Waals surface area contributed by atoms with Crippen LogP contribution >= 0.6 is 0 Å². The molecular formula is C42H34. The van der Waals surface area contributed by atoms with E-state index in [9.17, 15) is 0 Å². The number of allylic oxidation sites excluding steroid dienone is 6. The van der Waals surface area contributed by atoms with Crippen molar-refractivity contribution in [2.75, 3.05) is 0 Å². The van der Waals surface area contributed by atoms with Gasteiger partial charge in [0.05, 0.1) is 5.41 Å². The van der Waals surface area contributed by atoms with E-state index in [0.717, 1.165) is 12.8 Å². The highest BCUT2D eigenvalue weighted by molar-refractivity contribution is 5.97.